The normalized spacial score (nSPS) is 10.6. The molecule has 1 amide bonds. The summed E-state index contributed by atoms with van der Waals surface area (Å²) >= 11 is 1.68. The number of rotatable bonds is 6. The Kier molecular flexibility index (Phi) is 5.40. The van der Waals surface area contributed by atoms with E-state index in [0.717, 1.165) is 19.3 Å². The number of nitrogens with one attached hydrogen (secondary N) is 1. The van der Waals surface area contributed by atoms with Gasteiger partial charge in [0.25, 0.3) is 0 Å². The molecule has 0 aliphatic carbocycles. The highest BCUT2D eigenvalue weighted by Crippen LogP contribution is 2.08. The molecule has 84 valence electrons. The van der Waals surface area contributed by atoms with Gasteiger partial charge in [-0.15, -0.1) is 0 Å². The lowest BCUT2D eigenvalue weighted by molar-refractivity contribution is -0.121. The zero-order chi connectivity index (χ0) is 11.1. The SMILES string of the molecule is CCC(CC)NC(=O)CCc1ccsc1. The van der Waals surface area contributed by atoms with Gasteiger partial charge in [-0.3, -0.25) is 4.79 Å². The van der Waals surface area contributed by atoms with Crippen molar-refractivity contribution in [2.75, 3.05) is 0 Å². The Morgan fingerprint density at radius 2 is 2.20 bits per heavy atom. The first kappa shape index (κ1) is 12.2. The zero-order valence-electron chi connectivity index (χ0n) is 9.45. The average molecular weight is 225 g/mol. The summed E-state index contributed by atoms with van der Waals surface area (Å²) < 4.78 is 0. The van der Waals surface area contributed by atoms with E-state index in [-0.39, 0.29) is 5.91 Å². The number of carbonyl (C=O) groups excluding carboxylic acids is 1. The summed E-state index contributed by atoms with van der Waals surface area (Å²) in [5.41, 5.74) is 1.26. The molecule has 0 unspecified atom stereocenters. The summed E-state index contributed by atoms with van der Waals surface area (Å²) in [6.45, 7) is 4.21. The molecule has 1 aromatic heterocycles. The molecule has 1 N–H and O–H groups in total. The van der Waals surface area contributed by atoms with Gasteiger partial charge in [0.2, 0.25) is 5.91 Å². The number of carbonyl (C=O) groups is 1. The fraction of sp³-hybridized carbons (Fsp3) is 0.583. The van der Waals surface area contributed by atoms with Crippen LogP contribution in [0.15, 0.2) is 16.8 Å². The molecule has 0 bridgehead atoms. The van der Waals surface area contributed by atoms with Crippen molar-refractivity contribution in [3.8, 4) is 0 Å². The van der Waals surface area contributed by atoms with Gasteiger partial charge in [0.1, 0.15) is 0 Å². The van der Waals surface area contributed by atoms with E-state index in [9.17, 15) is 4.79 Å². The predicted octanol–water partition coefficient (Wildman–Crippen LogP) is 2.99. The molecule has 0 saturated carbocycles. The number of thiophene rings is 1. The Hall–Kier alpha value is -0.830. The molecule has 0 aromatic carbocycles. The second-order valence-electron chi connectivity index (χ2n) is 3.71. The molecule has 0 aliphatic heterocycles. The molecule has 0 atom stereocenters. The Bertz CT molecular complexity index is 278. The highest BCUT2D eigenvalue weighted by molar-refractivity contribution is 7.07. The summed E-state index contributed by atoms with van der Waals surface area (Å²) in [4.78, 5) is 11.6. The summed E-state index contributed by atoms with van der Waals surface area (Å²) in [5.74, 6) is 0.176. The van der Waals surface area contributed by atoms with E-state index in [1.54, 1.807) is 11.3 Å². The van der Waals surface area contributed by atoms with Gasteiger partial charge in [0, 0.05) is 12.5 Å². The largest absolute Gasteiger partial charge is 0.353 e. The molecule has 1 aromatic rings. The van der Waals surface area contributed by atoms with E-state index in [0.29, 0.717) is 12.5 Å². The minimum atomic E-state index is 0.176. The molecule has 3 heteroatoms. The Morgan fingerprint density at radius 1 is 1.47 bits per heavy atom. The molecular weight excluding hydrogens is 206 g/mol. The lowest BCUT2D eigenvalue weighted by atomic mass is 10.1. The highest BCUT2D eigenvalue weighted by Gasteiger charge is 2.07. The molecule has 1 heterocycles. The minimum absolute atomic E-state index is 0.176. The van der Waals surface area contributed by atoms with Gasteiger partial charge in [0.15, 0.2) is 0 Å². The third-order valence-electron chi connectivity index (χ3n) is 2.57. The maximum atomic E-state index is 11.6. The third-order valence-corrected chi connectivity index (χ3v) is 3.30. The van der Waals surface area contributed by atoms with Crippen LogP contribution in [0.25, 0.3) is 0 Å². The minimum Gasteiger partial charge on any atom is -0.353 e. The van der Waals surface area contributed by atoms with Crippen molar-refractivity contribution in [3.63, 3.8) is 0 Å². The van der Waals surface area contributed by atoms with Crippen LogP contribution in [0.4, 0.5) is 0 Å². The fourth-order valence-corrected chi connectivity index (χ4v) is 2.19. The second kappa shape index (κ2) is 6.62. The van der Waals surface area contributed by atoms with E-state index in [4.69, 9.17) is 0 Å². The number of hydrogen-bond acceptors (Lipinski definition) is 2. The highest BCUT2D eigenvalue weighted by atomic mass is 32.1. The lowest BCUT2D eigenvalue weighted by Crippen LogP contribution is -2.33. The van der Waals surface area contributed by atoms with Crippen LogP contribution in [0, 0.1) is 0 Å². The van der Waals surface area contributed by atoms with Crippen molar-refractivity contribution in [2.24, 2.45) is 0 Å². The van der Waals surface area contributed by atoms with Crippen LogP contribution in [-0.2, 0) is 11.2 Å². The fourth-order valence-electron chi connectivity index (χ4n) is 1.49. The van der Waals surface area contributed by atoms with Crippen molar-refractivity contribution < 1.29 is 4.79 Å². The van der Waals surface area contributed by atoms with Gasteiger partial charge in [-0.2, -0.15) is 11.3 Å². The van der Waals surface area contributed by atoms with Gasteiger partial charge >= 0.3 is 0 Å². The topological polar surface area (TPSA) is 29.1 Å². The monoisotopic (exact) mass is 225 g/mol. The number of hydrogen-bond donors (Lipinski definition) is 1. The predicted molar refractivity (Wildman–Crippen MR) is 65.2 cm³/mol. The molecule has 0 aliphatic rings. The zero-order valence-corrected chi connectivity index (χ0v) is 10.3. The van der Waals surface area contributed by atoms with E-state index < -0.39 is 0 Å². The Labute approximate surface area is 95.7 Å². The first-order valence-corrected chi connectivity index (χ1v) is 6.51. The molecule has 0 spiro atoms. The molecular formula is C12H19NOS. The van der Waals surface area contributed by atoms with E-state index in [1.807, 2.05) is 5.38 Å². The maximum Gasteiger partial charge on any atom is 0.220 e. The second-order valence-corrected chi connectivity index (χ2v) is 4.49. The van der Waals surface area contributed by atoms with Gasteiger partial charge in [-0.05, 0) is 41.7 Å². The van der Waals surface area contributed by atoms with Crippen molar-refractivity contribution in [3.05, 3.63) is 22.4 Å². The molecule has 15 heavy (non-hydrogen) atoms. The standard InChI is InChI=1S/C12H19NOS/c1-3-11(4-2)13-12(14)6-5-10-7-8-15-9-10/h7-9,11H,3-6H2,1-2H3,(H,13,14). The number of amides is 1. The third kappa shape index (κ3) is 4.47. The van der Waals surface area contributed by atoms with Crippen molar-refractivity contribution in [2.45, 2.75) is 45.6 Å². The van der Waals surface area contributed by atoms with Crippen molar-refractivity contribution >= 4 is 17.2 Å². The van der Waals surface area contributed by atoms with Gasteiger partial charge in [-0.25, -0.2) is 0 Å². The van der Waals surface area contributed by atoms with Crippen LogP contribution in [-0.4, -0.2) is 11.9 Å². The molecule has 2 nitrogen and oxygen atoms in total. The maximum absolute atomic E-state index is 11.6. The summed E-state index contributed by atoms with van der Waals surface area (Å²) in [6, 6.07) is 2.43. The smallest absolute Gasteiger partial charge is 0.220 e. The summed E-state index contributed by atoms with van der Waals surface area (Å²) in [6.07, 6.45) is 3.49. The van der Waals surface area contributed by atoms with Gasteiger partial charge in [-0.1, -0.05) is 13.8 Å². The van der Waals surface area contributed by atoms with Crippen LogP contribution >= 0.6 is 11.3 Å². The van der Waals surface area contributed by atoms with Gasteiger partial charge < -0.3 is 5.32 Å². The summed E-state index contributed by atoms with van der Waals surface area (Å²) in [5, 5.41) is 7.19. The summed E-state index contributed by atoms with van der Waals surface area (Å²) in [7, 11) is 0. The first-order chi connectivity index (χ1) is 7.26. The molecule has 0 fully saturated rings. The van der Waals surface area contributed by atoms with Crippen molar-refractivity contribution in [1.29, 1.82) is 0 Å². The van der Waals surface area contributed by atoms with Crippen molar-refractivity contribution in [1.82, 2.24) is 5.32 Å². The van der Waals surface area contributed by atoms with Crippen LogP contribution in [0.2, 0.25) is 0 Å². The van der Waals surface area contributed by atoms with Crippen LogP contribution in [0.1, 0.15) is 38.7 Å². The van der Waals surface area contributed by atoms with Crippen LogP contribution < -0.4 is 5.32 Å². The quantitative estimate of drug-likeness (QED) is 0.792. The van der Waals surface area contributed by atoms with Gasteiger partial charge in [0.05, 0.1) is 0 Å². The van der Waals surface area contributed by atoms with Crippen LogP contribution in [0.3, 0.4) is 0 Å². The average Bonchev–Trinajstić information content (AvgIpc) is 2.75. The van der Waals surface area contributed by atoms with E-state index >= 15 is 0 Å². The Balaban J connectivity index is 2.24. The number of aryl methyl sites for hydroxylation is 1. The van der Waals surface area contributed by atoms with E-state index in [1.165, 1.54) is 5.56 Å². The lowest BCUT2D eigenvalue weighted by Gasteiger charge is -2.14. The first-order valence-electron chi connectivity index (χ1n) is 5.56. The molecule has 0 saturated heterocycles. The molecule has 0 radical (unpaired) electrons. The van der Waals surface area contributed by atoms with Crippen LogP contribution in [0.5, 0.6) is 0 Å². The Morgan fingerprint density at radius 3 is 2.73 bits per heavy atom. The molecule has 1 rings (SSSR count). The van der Waals surface area contributed by atoms with E-state index in [2.05, 4.69) is 30.6 Å².